The van der Waals surface area contributed by atoms with Crippen molar-refractivity contribution in [1.29, 1.82) is 0 Å². The Kier molecular flexibility index (Phi) is 2.27. The first-order chi connectivity index (χ1) is 5.08. The van der Waals surface area contributed by atoms with E-state index in [0.29, 0.717) is 6.42 Å². The van der Waals surface area contributed by atoms with Crippen LogP contribution in [0, 0.1) is 0 Å². The van der Waals surface area contributed by atoms with E-state index in [1.807, 2.05) is 30.3 Å². The standard InChI is InChI=1S/C9H13NO/c1-9(10,11)7-8-5-3-2-4-6-8/h2-6,11H,7,10H2,1H3/t9-/m1/s1. The Morgan fingerprint density at radius 1 is 1.36 bits per heavy atom. The van der Waals surface area contributed by atoms with Crippen LogP contribution in [-0.2, 0) is 6.42 Å². The summed E-state index contributed by atoms with van der Waals surface area (Å²) in [4.78, 5) is 0. The van der Waals surface area contributed by atoms with Gasteiger partial charge in [0.1, 0.15) is 5.72 Å². The Labute approximate surface area is 66.7 Å². The molecule has 0 radical (unpaired) electrons. The van der Waals surface area contributed by atoms with Gasteiger partial charge in [-0.3, -0.25) is 0 Å². The third-order valence-electron chi connectivity index (χ3n) is 1.40. The SMILES string of the molecule is C[C@@](N)(O)Cc1ccccc1. The Morgan fingerprint density at radius 3 is 2.36 bits per heavy atom. The van der Waals surface area contributed by atoms with Crippen LogP contribution in [0.25, 0.3) is 0 Å². The van der Waals surface area contributed by atoms with Crippen LogP contribution in [0.5, 0.6) is 0 Å². The van der Waals surface area contributed by atoms with Crippen molar-refractivity contribution in [2.75, 3.05) is 0 Å². The molecule has 1 atom stereocenters. The maximum absolute atomic E-state index is 9.25. The first kappa shape index (κ1) is 8.24. The minimum absolute atomic E-state index is 0.494. The average molecular weight is 151 g/mol. The summed E-state index contributed by atoms with van der Waals surface area (Å²) in [5.41, 5.74) is 5.38. The highest BCUT2D eigenvalue weighted by Crippen LogP contribution is 2.06. The van der Waals surface area contributed by atoms with Gasteiger partial charge in [-0.15, -0.1) is 0 Å². The fourth-order valence-corrected chi connectivity index (χ4v) is 1.01. The summed E-state index contributed by atoms with van der Waals surface area (Å²) in [6.45, 7) is 1.60. The van der Waals surface area contributed by atoms with E-state index in [2.05, 4.69) is 0 Å². The first-order valence-corrected chi connectivity index (χ1v) is 3.63. The molecule has 11 heavy (non-hydrogen) atoms. The topological polar surface area (TPSA) is 46.2 Å². The Balaban J connectivity index is 2.66. The van der Waals surface area contributed by atoms with Gasteiger partial charge in [-0.25, -0.2) is 0 Å². The van der Waals surface area contributed by atoms with Crippen LogP contribution in [0.15, 0.2) is 30.3 Å². The summed E-state index contributed by atoms with van der Waals surface area (Å²) >= 11 is 0. The summed E-state index contributed by atoms with van der Waals surface area (Å²) in [6.07, 6.45) is 0.494. The summed E-state index contributed by atoms with van der Waals surface area (Å²) in [7, 11) is 0. The predicted molar refractivity (Wildman–Crippen MR) is 45.0 cm³/mol. The van der Waals surface area contributed by atoms with Gasteiger partial charge in [-0.1, -0.05) is 30.3 Å². The molecule has 2 heteroatoms. The summed E-state index contributed by atoms with van der Waals surface area (Å²) < 4.78 is 0. The van der Waals surface area contributed by atoms with Crippen LogP contribution in [0.3, 0.4) is 0 Å². The van der Waals surface area contributed by atoms with Gasteiger partial charge in [0.05, 0.1) is 0 Å². The number of rotatable bonds is 2. The zero-order chi connectivity index (χ0) is 8.32. The van der Waals surface area contributed by atoms with Crippen molar-refractivity contribution in [2.45, 2.75) is 19.1 Å². The van der Waals surface area contributed by atoms with Crippen molar-refractivity contribution in [3.05, 3.63) is 35.9 Å². The van der Waals surface area contributed by atoms with Crippen molar-refractivity contribution >= 4 is 0 Å². The van der Waals surface area contributed by atoms with E-state index in [0.717, 1.165) is 5.56 Å². The molecular formula is C9H13NO. The molecule has 3 N–H and O–H groups in total. The van der Waals surface area contributed by atoms with Crippen LogP contribution in [0.2, 0.25) is 0 Å². The number of hydrogen-bond acceptors (Lipinski definition) is 2. The molecule has 0 fully saturated rings. The second-order valence-corrected chi connectivity index (χ2v) is 3.02. The molecule has 0 aliphatic rings. The molecule has 0 aromatic heterocycles. The van der Waals surface area contributed by atoms with Crippen LogP contribution in [0.1, 0.15) is 12.5 Å². The van der Waals surface area contributed by atoms with Gasteiger partial charge in [-0.2, -0.15) is 0 Å². The number of aliphatic hydroxyl groups is 1. The maximum Gasteiger partial charge on any atom is 0.114 e. The summed E-state index contributed by atoms with van der Waals surface area (Å²) in [5.74, 6) is 0. The van der Waals surface area contributed by atoms with Gasteiger partial charge in [-0.05, 0) is 12.5 Å². The minimum atomic E-state index is -1.10. The maximum atomic E-state index is 9.25. The zero-order valence-corrected chi connectivity index (χ0v) is 6.62. The number of hydrogen-bond donors (Lipinski definition) is 2. The van der Waals surface area contributed by atoms with E-state index >= 15 is 0 Å². The van der Waals surface area contributed by atoms with Gasteiger partial charge in [0.15, 0.2) is 0 Å². The molecule has 0 heterocycles. The van der Waals surface area contributed by atoms with E-state index < -0.39 is 5.72 Å². The van der Waals surface area contributed by atoms with Crippen molar-refractivity contribution in [1.82, 2.24) is 0 Å². The molecule has 2 nitrogen and oxygen atoms in total. The van der Waals surface area contributed by atoms with Crippen molar-refractivity contribution in [3.63, 3.8) is 0 Å². The van der Waals surface area contributed by atoms with Crippen molar-refractivity contribution < 1.29 is 5.11 Å². The number of nitrogens with two attached hydrogens (primary N) is 1. The third-order valence-corrected chi connectivity index (χ3v) is 1.40. The normalized spacial score (nSPS) is 15.9. The highest BCUT2D eigenvalue weighted by atomic mass is 16.3. The van der Waals surface area contributed by atoms with Gasteiger partial charge < -0.3 is 10.8 Å². The fraction of sp³-hybridized carbons (Fsp3) is 0.333. The fourth-order valence-electron chi connectivity index (χ4n) is 1.01. The first-order valence-electron chi connectivity index (χ1n) is 3.63. The summed E-state index contributed by atoms with van der Waals surface area (Å²) in [6, 6.07) is 9.69. The predicted octanol–water partition coefficient (Wildman–Crippen LogP) is 0.896. The van der Waals surface area contributed by atoms with Crippen LogP contribution >= 0.6 is 0 Å². The highest BCUT2D eigenvalue weighted by Gasteiger charge is 2.12. The van der Waals surface area contributed by atoms with Crippen LogP contribution < -0.4 is 5.73 Å². The van der Waals surface area contributed by atoms with E-state index in [9.17, 15) is 5.11 Å². The monoisotopic (exact) mass is 151 g/mol. The van der Waals surface area contributed by atoms with Gasteiger partial charge in [0.25, 0.3) is 0 Å². The van der Waals surface area contributed by atoms with Gasteiger partial charge in [0, 0.05) is 6.42 Å². The van der Waals surface area contributed by atoms with E-state index in [4.69, 9.17) is 5.73 Å². The highest BCUT2D eigenvalue weighted by molar-refractivity contribution is 5.16. The minimum Gasteiger partial charge on any atom is -0.376 e. The van der Waals surface area contributed by atoms with E-state index in [1.54, 1.807) is 6.92 Å². The molecule has 60 valence electrons. The average Bonchev–Trinajstić information content (AvgIpc) is 1.85. The lowest BCUT2D eigenvalue weighted by Crippen LogP contribution is -2.37. The molecule has 0 unspecified atom stereocenters. The molecule has 0 saturated heterocycles. The number of benzene rings is 1. The molecule has 0 bridgehead atoms. The molecule has 1 aromatic carbocycles. The molecule has 0 spiro atoms. The Morgan fingerprint density at radius 2 is 1.91 bits per heavy atom. The summed E-state index contributed by atoms with van der Waals surface area (Å²) in [5, 5.41) is 9.25. The second-order valence-electron chi connectivity index (χ2n) is 3.02. The molecule has 0 saturated carbocycles. The van der Waals surface area contributed by atoms with Crippen LogP contribution in [-0.4, -0.2) is 10.8 Å². The molecular weight excluding hydrogens is 138 g/mol. The van der Waals surface area contributed by atoms with Gasteiger partial charge in [0.2, 0.25) is 0 Å². The lowest BCUT2D eigenvalue weighted by molar-refractivity contribution is 0.0677. The van der Waals surface area contributed by atoms with Crippen LogP contribution in [0.4, 0.5) is 0 Å². The molecule has 0 aliphatic carbocycles. The zero-order valence-electron chi connectivity index (χ0n) is 6.62. The van der Waals surface area contributed by atoms with E-state index in [-0.39, 0.29) is 0 Å². The molecule has 1 rings (SSSR count). The molecule has 0 aliphatic heterocycles. The lowest BCUT2D eigenvalue weighted by atomic mass is 10.1. The van der Waals surface area contributed by atoms with Crippen molar-refractivity contribution in [2.24, 2.45) is 5.73 Å². The Bertz CT molecular complexity index is 213. The Hall–Kier alpha value is -0.860. The smallest absolute Gasteiger partial charge is 0.114 e. The second kappa shape index (κ2) is 3.03. The quantitative estimate of drug-likeness (QED) is 0.617. The largest absolute Gasteiger partial charge is 0.376 e. The van der Waals surface area contributed by atoms with Gasteiger partial charge >= 0.3 is 0 Å². The lowest BCUT2D eigenvalue weighted by Gasteiger charge is -2.16. The third kappa shape index (κ3) is 3.16. The van der Waals surface area contributed by atoms with E-state index in [1.165, 1.54) is 0 Å². The van der Waals surface area contributed by atoms with Crippen molar-refractivity contribution in [3.8, 4) is 0 Å². The molecule has 1 aromatic rings. The molecule has 0 amide bonds.